The third-order valence-electron chi connectivity index (χ3n) is 3.14. The van der Waals surface area contributed by atoms with E-state index in [2.05, 4.69) is 0 Å². The number of thioether (sulfide) groups is 1. The largest absolute Gasteiger partial charge is 0.481 e. The number of hydrogen-bond acceptors (Lipinski definition) is 5. The van der Waals surface area contributed by atoms with Crippen molar-refractivity contribution in [1.29, 1.82) is 0 Å². The van der Waals surface area contributed by atoms with Crippen molar-refractivity contribution in [2.24, 2.45) is 0 Å². The van der Waals surface area contributed by atoms with Crippen molar-refractivity contribution < 1.29 is 24.2 Å². The molecule has 2 fully saturated rings. The predicted molar refractivity (Wildman–Crippen MR) is 65.4 cm³/mol. The first kappa shape index (κ1) is 13.6. The Labute approximate surface area is 110 Å². The number of amides is 1. The number of piperidine rings is 1. The standard InChI is InChI=1S/C11H17NO5S/c13-9(7-18-8-10(14)15)12-3-1-11(2-4-12)16-5-6-17-11/h1-8H2,(H,14,15). The molecule has 0 unspecified atom stereocenters. The zero-order valence-electron chi connectivity index (χ0n) is 10.1. The molecule has 7 heteroatoms. The summed E-state index contributed by atoms with van der Waals surface area (Å²) in [6, 6.07) is 0. The summed E-state index contributed by atoms with van der Waals surface area (Å²) in [6.07, 6.45) is 1.39. The molecule has 2 rings (SSSR count). The Morgan fingerprint density at radius 3 is 2.33 bits per heavy atom. The van der Waals surface area contributed by atoms with Crippen LogP contribution in [0.5, 0.6) is 0 Å². The highest BCUT2D eigenvalue weighted by Gasteiger charge is 2.40. The maximum atomic E-state index is 11.8. The van der Waals surface area contributed by atoms with Crippen molar-refractivity contribution in [3.63, 3.8) is 0 Å². The molecule has 0 bridgehead atoms. The summed E-state index contributed by atoms with van der Waals surface area (Å²) in [4.78, 5) is 23.9. The van der Waals surface area contributed by atoms with Gasteiger partial charge >= 0.3 is 5.97 Å². The van der Waals surface area contributed by atoms with Gasteiger partial charge in [0.15, 0.2) is 5.79 Å². The Kier molecular flexibility index (Phi) is 4.47. The fourth-order valence-corrected chi connectivity index (χ4v) is 2.83. The normalized spacial score (nSPS) is 22.3. The van der Waals surface area contributed by atoms with Crippen LogP contribution < -0.4 is 0 Å². The third kappa shape index (κ3) is 3.37. The van der Waals surface area contributed by atoms with Gasteiger partial charge in [0, 0.05) is 25.9 Å². The Morgan fingerprint density at radius 1 is 1.17 bits per heavy atom. The van der Waals surface area contributed by atoms with Crippen LogP contribution in [0.3, 0.4) is 0 Å². The van der Waals surface area contributed by atoms with Gasteiger partial charge in [-0.3, -0.25) is 9.59 Å². The maximum Gasteiger partial charge on any atom is 0.313 e. The minimum Gasteiger partial charge on any atom is -0.481 e. The first-order chi connectivity index (χ1) is 8.61. The molecule has 0 saturated carbocycles. The number of carboxylic acid groups (broad SMARTS) is 1. The molecule has 102 valence electrons. The molecular formula is C11H17NO5S. The maximum absolute atomic E-state index is 11.8. The number of carboxylic acids is 1. The first-order valence-electron chi connectivity index (χ1n) is 5.97. The minimum atomic E-state index is -0.891. The summed E-state index contributed by atoms with van der Waals surface area (Å²) >= 11 is 1.13. The lowest BCUT2D eigenvalue weighted by Crippen LogP contribution is -2.47. The number of rotatable bonds is 4. The van der Waals surface area contributed by atoms with Crippen molar-refractivity contribution in [2.75, 3.05) is 37.8 Å². The monoisotopic (exact) mass is 275 g/mol. The molecule has 0 aromatic rings. The number of carbonyl (C=O) groups excluding carboxylic acids is 1. The summed E-state index contributed by atoms with van der Waals surface area (Å²) in [5.41, 5.74) is 0. The fourth-order valence-electron chi connectivity index (χ4n) is 2.20. The van der Waals surface area contributed by atoms with Gasteiger partial charge < -0.3 is 19.5 Å². The smallest absolute Gasteiger partial charge is 0.313 e. The van der Waals surface area contributed by atoms with Gasteiger partial charge in [0.05, 0.1) is 24.7 Å². The summed E-state index contributed by atoms with van der Waals surface area (Å²) < 4.78 is 11.2. The predicted octanol–water partition coefficient (Wildman–Crippen LogP) is 0.170. The quantitative estimate of drug-likeness (QED) is 0.788. The van der Waals surface area contributed by atoms with Crippen LogP contribution >= 0.6 is 11.8 Å². The second-order valence-electron chi connectivity index (χ2n) is 4.37. The van der Waals surface area contributed by atoms with Gasteiger partial charge in [-0.25, -0.2) is 0 Å². The zero-order chi connectivity index (χ0) is 13.0. The number of hydrogen-bond donors (Lipinski definition) is 1. The molecule has 6 nitrogen and oxygen atoms in total. The molecular weight excluding hydrogens is 258 g/mol. The van der Waals surface area contributed by atoms with Crippen LogP contribution in [0.2, 0.25) is 0 Å². The molecule has 0 aliphatic carbocycles. The molecule has 0 radical (unpaired) electrons. The van der Waals surface area contributed by atoms with E-state index in [0.29, 0.717) is 39.1 Å². The summed E-state index contributed by atoms with van der Waals surface area (Å²) in [5, 5.41) is 8.50. The van der Waals surface area contributed by atoms with Gasteiger partial charge in [-0.15, -0.1) is 11.8 Å². The van der Waals surface area contributed by atoms with E-state index in [9.17, 15) is 9.59 Å². The summed E-state index contributed by atoms with van der Waals surface area (Å²) in [6.45, 7) is 2.49. The van der Waals surface area contributed by atoms with Crippen LogP contribution in [0.25, 0.3) is 0 Å². The molecule has 0 atom stereocenters. The van der Waals surface area contributed by atoms with E-state index in [1.165, 1.54) is 0 Å². The summed E-state index contributed by atoms with van der Waals surface area (Å²) in [5.74, 6) is -1.17. The number of likely N-dealkylation sites (tertiary alicyclic amines) is 1. The molecule has 1 amide bonds. The van der Waals surface area contributed by atoms with E-state index in [4.69, 9.17) is 14.6 Å². The lowest BCUT2D eigenvalue weighted by molar-refractivity contribution is -0.186. The molecule has 18 heavy (non-hydrogen) atoms. The van der Waals surface area contributed by atoms with Gasteiger partial charge in [-0.05, 0) is 0 Å². The van der Waals surface area contributed by atoms with Crippen molar-refractivity contribution in [1.82, 2.24) is 4.90 Å². The third-order valence-corrected chi connectivity index (χ3v) is 4.04. The van der Waals surface area contributed by atoms with E-state index >= 15 is 0 Å². The van der Waals surface area contributed by atoms with E-state index in [1.807, 2.05) is 0 Å². The number of aliphatic carboxylic acids is 1. The van der Waals surface area contributed by atoms with Crippen LogP contribution in [0.4, 0.5) is 0 Å². The lowest BCUT2D eigenvalue weighted by atomic mass is 10.0. The van der Waals surface area contributed by atoms with Gasteiger partial charge in [0.1, 0.15) is 0 Å². The second-order valence-corrected chi connectivity index (χ2v) is 5.36. The Balaban J connectivity index is 1.72. The molecule has 2 saturated heterocycles. The second kappa shape index (κ2) is 5.90. The average Bonchev–Trinajstić information content (AvgIpc) is 2.78. The van der Waals surface area contributed by atoms with Crippen molar-refractivity contribution in [3.8, 4) is 0 Å². The molecule has 2 aliphatic heterocycles. The molecule has 2 aliphatic rings. The number of nitrogens with zero attached hydrogens (tertiary/aromatic N) is 1. The highest BCUT2D eigenvalue weighted by Crippen LogP contribution is 2.31. The van der Waals surface area contributed by atoms with Crippen LogP contribution in [0, 0.1) is 0 Å². The lowest BCUT2D eigenvalue weighted by Gasteiger charge is -2.37. The Morgan fingerprint density at radius 2 is 1.78 bits per heavy atom. The summed E-state index contributed by atoms with van der Waals surface area (Å²) in [7, 11) is 0. The molecule has 2 heterocycles. The van der Waals surface area contributed by atoms with E-state index in [1.54, 1.807) is 4.90 Å². The molecule has 0 aromatic heterocycles. The van der Waals surface area contributed by atoms with Gasteiger partial charge in [-0.1, -0.05) is 0 Å². The molecule has 0 aromatic carbocycles. The van der Waals surface area contributed by atoms with Crippen LogP contribution in [-0.4, -0.2) is 65.5 Å². The Hall–Kier alpha value is -0.790. The van der Waals surface area contributed by atoms with E-state index in [0.717, 1.165) is 11.8 Å². The van der Waals surface area contributed by atoms with Gasteiger partial charge in [0.25, 0.3) is 0 Å². The van der Waals surface area contributed by atoms with Crippen LogP contribution in [0.1, 0.15) is 12.8 Å². The average molecular weight is 275 g/mol. The highest BCUT2D eigenvalue weighted by molar-refractivity contribution is 8.00. The number of ether oxygens (including phenoxy) is 2. The minimum absolute atomic E-state index is 0.00547. The SMILES string of the molecule is O=C(O)CSCC(=O)N1CCC2(CC1)OCCO2. The fraction of sp³-hybridized carbons (Fsp3) is 0.818. The van der Waals surface area contributed by atoms with E-state index in [-0.39, 0.29) is 17.4 Å². The van der Waals surface area contributed by atoms with Crippen LogP contribution in [-0.2, 0) is 19.1 Å². The van der Waals surface area contributed by atoms with E-state index < -0.39 is 11.8 Å². The molecule has 1 spiro atoms. The van der Waals surface area contributed by atoms with Gasteiger partial charge in [-0.2, -0.15) is 0 Å². The Bertz CT molecular complexity index is 319. The topological polar surface area (TPSA) is 76.1 Å². The highest BCUT2D eigenvalue weighted by atomic mass is 32.2. The van der Waals surface area contributed by atoms with Crippen molar-refractivity contribution in [2.45, 2.75) is 18.6 Å². The first-order valence-corrected chi connectivity index (χ1v) is 7.12. The van der Waals surface area contributed by atoms with Gasteiger partial charge in [0.2, 0.25) is 5.91 Å². The number of carbonyl (C=O) groups is 2. The zero-order valence-corrected chi connectivity index (χ0v) is 10.9. The van der Waals surface area contributed by atoms with Crippen molar-refractivity contribution >= 4 is 23.6 Å². The van der Waals surface area contributed by atoms with Crippen LogP contribution in [0.15, 0.2) is 0 Å². The molecule has 1 N–H and O–H groups in total. The van der Waals surface area contributed by atoms with Crippen molar-refractivity contribution in [3.05, 3.63) is 0 Å².